The highest BCUT2D eigenvalue weighted by Crippen LogP contribution is 2.43. The van der Waals surface area contributed by atoms with E-state index in [-0.39, 0.29) is 18.1 Å². The molecule has 0 unspecified atom stereocenters. The summed E-state index contributed by atoms with van der Waals surface area (Å²) in [5.74, 6) is 2.38. The number of benzene rings is 4. The Hall–Kier alpha value is -3.37. The Bertz CT molecular complexity index is 2030. The van der Waals surface area contributed by atoms with Gasteiger partial charge in [-0.25, -0.2) is 4.98 Å². The van der Waals surface area contributed by atoms with Crippen molar-refractivity contribution in [2.24, 2.45) is 5.10 Å². The second-order valence-corrected chi connectivity index (χ2v) is 13.2. The molecule has 1 heterocycles. The molecule has 238 valence electrons. The van der Waals surface area contributed by atoms with Crippen LogP contribution in [0, 0.1) is 6.92 Å². The van der Waals surface area contributed by atoms with Crippen molar-refractivity contribution in [1.82, 2.24) is 9.66 Å². The molecule has 0 bridgehead atoms. The first kappa shape index (κ1) is 34.0. The third kappa shape index (κ3) is 6.98. The number of hydrogen-bond donors (Lipinski definition) is 0. The smallest absolute Gasteiger partial charge is 0.282 e. The zero-order valence-corrected chi connectivity index (χ0v) is 30.5. The van der Waals surface area contributed by atoms with Crippen LogP contribution >= 0.6 is 55.1 Å². The minimum atomic E-state index is -0.292. The summed E-state index contributed by atoms with van der Waals surface area (Å²) in [6.07, 6.45) is 1.60. The van der Waals surface area contributed by atoms with E-state index in [1.54, 1.807) is 37.6 Å². The van der Waals surface area contributed by atoms with Gasteiger partial charge in [0.15, 0.2) is 17.3 Å². The van der Waals surface area contributed by atoms with Crippen molar-refractivity contribution in [3.8, 4) is 28.6 Å². The molecular weight excluding hydrogens is 757 g/mol. The summed E-state index contributed by atoms with van der Waals surface area (Å²) in [5.41, 5.74) is 4.48. The summed E-state index contributed by atoms with van der Waals surface area (Å²) in [5, 5.41) is 6.09. The van der Waals surface area contributed by atoms with Gasteiger partial charge in [0.2, 0.25) is 0 Å². The molecule has 5 rings (SSSR count). The highest BCUT2D eigenvalue weighted by molar-refractivity contribution is 9.13. The zero-order valence-electron chi connectivity index (χ0n) is 25.8. The largest absolute Gasteiger partial charge is 0.496 e. The molecule has 0 atom stereocenters. The van der Waals surface area contributed by atoms with Crippen molar-refractivity contribution < 1.29 is 14.2 Å². The molecule has 1 aromatic heterocycles. The first-order chi connectivity index (χ1) is 22.0. The van der Waals surface area contributed by atoms with E-state index >= 15 is 0 Å². The van der Waals surface area contributed by atoms with Crippen LogP contribution in [0.15, 0.2) is 79.5 Å². The SMILES string of the molecule is CCOc1cc(C=Nn2c(-c3cc(C(C)C)c(OC)cc3C)nc3ccccc3c2=O)c(Br)c(Br)c1OCc1ccc(Cl)c(Cl)c1. The quantitative estimate of drug-likeness (QED) is 0.132. The lowest BCUT2D eigenvalue weighted by Crippen LogP contribution is -2.21. The number of halogens is 4. The van der Waals surface area contributed by atoms with E-state index in [1.807, 2.05) is 50.2 Å². The third-order valence-electron chi connectivity index (χ3n) is 7.33. The van der Waals surface area contributed by atoms with Gasteiger partial charge in [-0.1, -0.05) is 55.2 Å². The number of rotatable bonds is 10. The van der Waals surface area contributed by atoms with Crippen molar-refractivity contribution in [2.75, 3.05) is 13.7 Å². The van der Waals surface area contributed by atoms with E-state index in [0.29, 0.717) is 59.4 Å². The number of aromatic nitrogens is 2. The van der Waals surface area contributed by atoms with Crippen LogP contribution in [-0.4, -0.2) is 29.6 Å². The molecule has 0 aliphatic heterocycles. The molecule has 46 heavy (non-hydrogen) atoms. The Kier molecular flexibility index (Phi) is 10.8. The van der Waals surface area contributed by atoms with Crippen LogP contribution in [0.5, 0.6) is 17.2 Å². The van der Waals surface area contributed by atoms with Crippen molar-refractivity contribution in [2.45, 2.75) is 40.2 Å². The van der Waals surface area contributed by atoms with E-state index in [4.69, 9.17) is 47.5 Å². The van der Waals surface area contributed by atoms with E-state index in [2.05, 4.69) is 45.7 Å². The molecule has 0 spiro atoms. The van der Waals surface area contributed by atoms with Gasteiger partial charge < -0.3 is 14.2 Å². The molecule has 0 fully saturated rings. The third-order valence-corrected chi connectivity index (χ3v) is 10.2. The molecule has 4 aromatic carbocycles. The number of aryl methyl sites for hydroxylation is 1. The number of fused-ring (bicyclic) bond motifs is 1. The van der Waals surface area contributed by atoms with E-state index in [1.165, 1.54) is 4.68 Å². The maximum absolute atomic E-state index is 13.9. The molecule has 7 nitrogen and oxygen atoms in total. The number of hydrogen-bond acceptors (Lipinski definition) is 6. The summed E-state index contributed by atoms with van der Waals surface area (Å²) < 4.78 is 20.4. The van der Waals surface area contributed by atoms with Gasteiger partial charge in [0.05, 0.1) is 45.4 Å². The number of methoxy groups -OCH3 is 1. The summed E-state index contributed by atoms with van der Waals surface area (Å²) in [6.45, 7) is 8.69. The van der Waals surface area contributed by atoms with Crippen molar-refractivity contribution in [3.05, 3.63) is 112 Å². The molecule has 0 radical (unpaired) electrons. The lowest BCUT2D eigenvalue weighted by Gasteiger charge is -2.18. The van der Waals surface area contributed by atoms with Gasteiger partial charge in [-0.2, -0.15) is 9.78 Å². The lowest BCUT2D eigenvalue weighted by atomic mass is 9.96. The molecule has 0 aliphatic rings. The molecule has 0 saturated heterocycles. The fourth-order valence-corrected chi connectivity index (χ4v) is 6.23. The first-order valence-corrected chi connectivity index (χ1v) is 16.8. The van der Waals surface area contributed by atoms with Crippen LogP contribution < -0.4 is 19.8 Å². The normalized spacial score (nSPS) is 11.5. The lowest BCUT2D eigenvalue weighted by molar-refractivity contribution is 0.267. The topological polar surface area (TPSA) is 74.9 Å². The standard InChI is InChI=1S/C35H31Br2Cl2N3O4/c1-6-45-30-15-22(31(36)32(37)33(30)46-18-21-11-12-26(38)27(39)14-21)17-40-42-34(41-28-10-8-7-9-23(28)35(42)43)25-16-24(19(2)3)29(44-5)13-20(25)4/h7-17,19H,6,18H2,1-5H3. The van der Waals surface area contributed by atoms with Crippen molar-refractivity contribution >= 4 is 72.2 Å². The summed E-state index contributed by atoms with van der Waals surface area (Å²) in [4.78, 5) is 18.9. The van der Waals surface area contributed by atoms with Gasteiger partial charge >= 0.3 is 0 Å². The van der Waals surface area contributed by atoms with E-state index < -0.39 is 0 Å². The molecular formula is C35H31Br2Cl2N3O4. The highest BCUT2D eigenvalue weighted by Gasteiger charge is 2.20. The predicted molar refractivity (Wildman–Crippen MR) is 194 cm³/mol. The molecule has 0 aliphatic carbocycles. The first-order valence-electron chi connectivity index (χ1n) is 14.5. The fraction of sp³-hybridized carbons (Fsp3) is 0.229. The Labute approximate surface area is 294 Å². The highest BCUT2D eigenvalue weighted by atomic mass is 79.9. The summed E-state index contributed by atoms with van der Waals surface area (Å²) >= 11 is 19.6. The minimum Gasteiger partial charge on any atom is -0.496 e. The summed E-state index contributed by atoms with van der Waals surface area (Å²) in [7, 11) is 1.66. The van der Waals surface area contributed by atoms with Crippen molar-refractivity contribution in [3.63, 3.8) is 0 Å². The van der Waals surface area contributed by atoms with E-state index in [9.17, 15) is 4.79 Å². The Balaban J connectivity index is 1.62. The maximum Gasteiger partial charge on any atom is 0.282 e. The number of ether oxygens (including phenoxy) is 3. The van der Waals surface area contributed by atoms with Gasteiger partial charge in [-0.15, -0.1) is 0 Å². The Morgan fingerprint density at radius 2 is 1.74 bits per heavy atom. The second-order valence-electron chi connectivity index (χ2n) is 10.8. The molecule has 11 heteroatoms. The van der Waals surface area contributed by atoms with Crippen LogP contribution in [0.2, 0.25) is 10.0 Å². The average Bonchev–Trinajstić information content (AvgIpc) is 3.04. The van der Waals surface area contributed by atoms with Gasteiger partial charge in [0.25, 0.3) is 5.56 Å². The Morgan fingerprint density at radius 1 is 0.978 bits per heavy atom. The molecule has 0 amide bonds. The average molecular weight is 788 g/mol. The Morgan fingerprint density at radius 3 is 2.43 bits per heavy atom. The summed E-state index contributed by atoms with van der Waals surface area (Å²) in [6, 6.07) is 18.4. The van der Waals surface area contributed by atoms with Gasteiger partial charge in [0.1, 0.15) is 12.4 Å². The van der Waals surface area contributed by atoms with Crippen LogP contribution in [-0.2, 0) is 6.61 Å². The molecule has 0 N–H and O–H groups in total. The van der Waals surface area contributed by atoms with Gasteiger partial charge in [-0.05, 0) is 111 Å². The monoisotopic (exact) mass is 785 g/mol. The fourth-order valence-electron chi connectivity index (χ4n) is 4.97. The second kappa shape index (κ2) is 14.6. The molecule has 0 saturated carbocycles. The van der Waals surface area contributed by atoms with Crippen LogP contribution in [0.1, 0.15) is 48.9 Å². The predicted octanol–water partition coefficient (Wildman–Crippen LogP) is 10.2. The van der Waals surface area contributed by atoms with Gasteiger partial charge in [-0.3, -0.25) is 4.79 Å². The van der Waals surface area contributed by atoms with Crippen molar-refractivity contribution in [1.29, 1.82) is 0 Å². The maximum atomic E-state index is 13.9. The van der Waals surface area contributed by atoms with Gasteiger partial charge in [0, 0.05) is 15.6 Å². The van der Waals surface area contributed by atoms with Crippen LogP contribution in [0.4, 0.5) is 0 Å². The number of nitrogens with zero attached hydrogens (tertiary/aromatic N) is 3. The zero-order chi connectivity index (χ0) is 33.1. The van der Waals surface area contributed by atoms with E-state index in [0.717, 1.165) is 28.0 Å². The molecule has 5 aromatic rings. The van der Waals surface area contributed by atoms with Crippen LogP contribution in [0.3, 0.4) is 0 Å². The minimum absolute atomic E-state index is 0.182. The number of para-hydroxylation sites is 1. The van der Waals surface area contributed by atoms with Crippen LogP contribution in [0.25, 0.3) is 22.3 Å².